The highest BCUT2D eigenvalue weighted by Gasteiger charge is 2.46. The van der Waals surface area contributed by atoms with Gasteiger partial charge in [0.05, 0.1) is 26.9 Å². The van der Waals surface area contributed by atoms with E-state index in [9.17, 15) is 19.2 Å². The monoisotopic (exact) mass is 421 g/mol. The molecule has 0 fully saturated rings. The summed E-state index contributed by atoms with van der Waals surface area (Å²) in [5.74, 6) is -4.97. The predicted octanol–water partition coefficient (Wildman–Crippen LogP) is 1.74. The fourth-order valence-corrected chi connectivity index (χ4v) is 3.26. The number of ether oxygens (including phenoxy) is 4. The largest absolute Gasteiger partial charge is 0.468 e. The van der Waals surface area contributed by atoms with Crippen LogP contribution >= 0.6 is 0 Å². The van der Waals surface area contributed by atoms with Gasteiger partial charge in [0.1, 0.15) is 35.5 Å². The Morgan fingerprint density at radius 2 is 1.57 bits per heavy atom. The molecule has 0 saturated carbocycles. The lowest BCUT2D eigenvalue weighted by molar-refractivity contribution is -0.158. The van der Waals surface area contributed by atoms with E-state index in [0.29, 0.717) is 11.5 Å². The first kappa shape index (κ1) is 22.9. The number of esters is 4. The highest BCUT2D eigenvalue weighted by atomic mass is 16.5. The highest BCUT2D eigenvalue weighted by molar-refractivity contribution is 6.10. The number of hydrogen-bond acceptors (Lipinski definition) is 10. The second kappa shape index (κ2) is 9.38. The van der Waals surface area contributed by atoms with E-state index in [4.69, 9.17) is 18.6 Å². The Balaban J connectivity index is 2.33. The maximum atomic E-state index is 12.9. The van der Waals surface area contributed by atoms with Crippen molar-refractivity contribution in [2.24, 2.45) is 16.8 Å². The molecule has 2 rings (SSSR count). The standard InChI is InChI=1S/C20H23NO9/c1-9-14(18(23)27-5)16(15(10(2)21-9)19(24)28-6)20(25)29-8-12-7-13(11(3)30-12)17(22)26-4/h7,14,16H,8H2,1-6H3/t14?,16-/m1/s1. The number of carbonyl (C=O) groups excluding carboxylic acids is 4. The number of rotatable bonds is 6. The first-order valence-corrected chi connectivity index (χ1v) is 8.92. The van der Waals surface area contributed by atoms with Crippen LogP contribution in [0.15, 0.2) is 26.7 Å². The van der Waals surface area contributed by atoms with Crippen LogP contribution in [0.5, 0.6) is 0 Å². The van der Waals surface area contributed by atoms with Crippen LogP contribution in [0, 0.1) is 18.8 Å². The minimum atomic E-state index is -1.31. The van der Waals surface area contributed by atoms with E-state index in [-0.39, 0.29) is 29.2 Å². The zero-order chi connectivity index (χ0) is 22.6. The molecule has 0 aliphatic carbocycles. The predicted molar refractivity (Wildman–Crippen MR) is 101 cm³/mol. The first-order valence-electron chi connectivity index (χ1n) is 8.92. The summed E-state index contributed by atoms with van der Waals surface area (Å²) < 4.78 is 24.9. The van der Waals surface area contributed by atoms with Gasteiger partial charge in [-0.15, -0.1) is 0 Å². The van der Waals surface area contributed by atoms with Crippen molar-refractivity contribution in [1.82, 2.24) is 0 Å². The van der Waals surface area contributed by atoms with E-state index >= 15 is 0 Å². The molecule has 0 radical (unpaired) electrons. The van der Waals surface area contributed by atoms with Crippen LogP contribution < -0.4 is 0 Å². The molecular formula is C20H23NO9. The Labute approximate surface area is 172 Å². The number of hydrogen-bond donors (Lipinski definition) is 0. The Bertz CT molecular complexity index is 938. The summed E-state index contributed by atoms with van der Waals surface area (Å²) in [6.45, 7) is 4.32. The number of methoxy groups -OCH3 is 3. The fraction of sp³-hybridized carbons (Fsp3) is 0.450. The molecule has 0 saturated heterocycles. The van der Waals surface area contributed by atoms with Gasteiger partial charge >= 0.3 is 23.9 Å². The topological polar surface area (TPSA) is 131 Å². The summed E-state index contributed by atoms with van der Waals surface area (Å²) in [6.07, 6.45) is 0. The Morgan fingerprint density at radius 1 is 0.933 bits per heavy atom. The third kappa shape index (κ3) is 4.42. The van der Waals surface area contributed by atoms with Crippen LogP contribution in [0.3, 0.4) is 0 Å². The van der Waals surface area contributed by atoms with E-state index in [1.54, 1.807) is 13.8 Å². The van der Waals surface area contributed by atoms with E-state index in [0.717, 1.165) is 7.11 Å². The molecule has 0 amide bonds. The molecule has 30 heavy (non-hydrogen) atoms. The summed E-state index contributed by atoms with van der Waals surface area (Å²) in [7, 11) is 3.56. The smallest absolute Gasteiger partial charge is 0.341 e. The van der Waals surface area contributed by atoms with Crippen molar-refractivity contribution in [1.29, 1.82) is 0 Å². The maximum Gasteiger partial charge on any atom is 0.341 e. The molecule has 0 N–H and O–H groups in total. The summed E-state index contributed by atoms with van der Waals surface area (Å²) >= 11 is 0. The van der Waals surface area contributed by atoms with Gasteiger partial charge in [0.2, 0.25) is 0 Å². The van der Waals surface area contributed by atoms with Gasteiger partial charge in [0.25, 0.3) is 0 Å². The molecule has 2 atom stereocenters. The van der Waals surface area contributed by atoms with E-state index in [1.807, 2.05) is 0 Å². The van der Waals surface area contributed by atoms with Gasteiger partial charge in [-0.05, 0) is 26.8 Å². The normalized spacial score (nSPS) is 18.4. The average Bonchev–Trinajstić information content (AvgIpc) is 3.10. The molecule has 0 aromatic carbocycles. The molecule has 0 spiro atoms. The van der Waals surface area contributed by atoms with Crippen molar-refractivity contribution in [2.45, 2.75) is 27.4 Å². The Morgan fingerprint density at radius 3 is 2.13 bits per heavy atom. The van der Waals surface area contributed by atoms with Gasteiger partial charge in [-0.2, -0.15) is 0 Å². The van der Waals surface area contributed by atoms with Crippen molar-refractivity contribution in [2.75, 3.05) is 21.3 Å². The molecule has 162 valence electrons. The number of carbonyl (C=O) groups is 4. The number of allylic oxidation sites excluding steroid dienone is 1. The van der Waals surface area contributed by atoms with Gasteiger partial charge < -0.3 is 23.4 Å². The summed E-state index contributed by atoms with van der Waals surface area (Å²) in [5, 5.41) is 0. The number of aryl methyl sites for hydroxylation is 1. The van der Waals surface area contributed by atoms with E-state index in [2.05, 4.69) is 9.73 Å². The van der Waals surface area contributed by atoms with Crippen molar-refractivity contribution in [3.05, 3.63) is 34.4 Å². The molecular weight excluding hydrogens is 398 g/mol. The van der Waals surface area contributed by atoms with Gasteiger partial charge in [0, 0.05) is 11.4 Å². The third-order valence-electron chi connectivity index (χ3n) is 4.67. The molecule has 1 aliphatic rings. The van der Waals surface area contributed by atoms with Crippen LogP contribution in [0.25, 0.3) is 0 Å². The lowest BCUT2D eigenvalue weighted by Gasteiger charge is -2.28. The number of furan rings is 1. The fourth-order valence-electron chi connectivity index (χ4n) is 3.26. The van der Waals surface area contributed by atoms with Gasteiger partial charge in [0.15, 0.2) is 0 Å². The first-order chi connectivity index (χ1) is 14.2. The Kier molecular flexibility index (Phi) is 7.14. The summed E-state index contributed by atoms with van der Waals surface area (Å²) in [5.41, 5.74) is 0.649. The second-order valence-corrected chi connectivity index (χ2v) is 6.50. The van der Waals surface area contributed by atoms with Crippen molar-refractivity contribution >= 4 is 29.6 Å². The average molecular weight is 421 g/mol. The van der Waals surface area contributed by atoms with Gasteiger partial charge in [-0.3, -0.25) is 14.6 Å². The zero-order valence-electron chi connectivity index (χ0n) is 17.6. The molecule has 10 nitrogen and oxygen atoms in total. The quantitative estimate of drug-likeness (QED) is 0.498. The zero-order valence-corrected chi connectivity index (χ0v) is 17.6. The number of aliphatic imine (C=N–C) groups is 1. The molecule has 0 bridgehead atoms. The second-order valence-electron chi connectivity index (χ2n) is 6.50. The van der Waals surface area contributed by atoms with Crippen molar-refractivity contribution in [3.8, 4) is 0 Å². The molecule has 1 aromatic heterocycles. The molecule has 1 unspecified atom stereocenters. The third-order valence-corrected chi connectivity index (χ3v) is 4.67. The lowest BCUT2D eigenvalue weighted by atomic mass is 9.80. The molecule has 2 heterocycles. The van der Waals surface area contributed by atoms with E-state index in [1.165, 1.54) is 27.2 Å². The summed E-state index contributed by atoms with van der Waals surface area (Å²) in [6, 6.07) is 1.39. The minimum absolute atomic E-state index is 0.0885. The van der Waals surface area contributed by atoms with Crippen LogP contribution in [0.1, 0.15) is 35.7 Å². The highest BCUT2D eigenvalue weighted by Crippen LogP contribution is 2.33. The van der Waals surface area contributed by atoms with Crippen LogP contribution in [-0.4, -0.2) is 50.9 Å². The van der Waals surface area contributed by atoms with E-state index < -0.39 is 35.7 Å². The molecule has 1 aromatic rings. The maximum absolute atomic E-state index is 12.9. The minimum Gasteiger partial charge on any atom is -0.468 e. The van der Waals surface area contributed by atoms with Crippen molar-refractivity contribution in [3.63, 3.8) is 0 Å². The van der Waals surface area contributed by atoms with Gasteiger partial charge in [-0.1, -0.05) is 0 Å². The van der Waals surface area contributed by atoms with Crippen molar-refractivity contribution < 1.29 is 42.5 Å². The van der Waals surface area contributed by atoms with Crippen LogP contribution in [0.4, 0.5) is 0 Å². The lowest BCUT2D eigenvalue weighted by Crippen LogP contribution is -2.42. The Hall–Kier alpha value is -3.43. The van der Waals surface area contributed by atoms with Crippen LogP contribution in [0.2, 0.25) is 0 Å². The summed E-state index contributed by atoms with van der Waals surface area (Å²) in [4.78, 5) is 53.5. The SMILES string of the molecule is COC(=O)C1=C(C)N=C(C)C(C(=O)OC)[C@H]1C(=O)OCc1cc(C(=O)OC)c(C)o1. The van der Waals surface area contributed by atoms with Gasteiger partial charge in [-0.25, -0.2) is 9.59 Å². The molecule has 1 aliphatic heterocycles. The van der Waals surface area contributed by atoms with Crippen LogP contribution in [-0.2, 0) is 39.9 Å². The molecule has 10 heteroatoms. The number of nitrogens with zero attached hydrogens (tertiary/aromatic N) is 1.